The van der Waals surface area contributed by atoms with Crippen molar-refractivity contribution in [1.29, 1.82) is 0 Å². The predicted octanol–water partition coefficient (Wildman–Crippen LogP) is 18.9. The molecule has 9 heteroatoms. The van der Waals surface area contributed by atoms with Gasteiger partial charge in [-0.25, -0.2) is 4.57 Å². The Morgan fingerprint density at radius 1 is 0.472 bits per heavy atom. The van der Waals surface area contributed by atoms with Crippen LogP contribution in [-0.4, -0.2) is 73.4 Å². The van der Waals surface area contributed by atoms with Gasteiger partial charge in [-0.2, -0.15) is 0 Å². The molecule has 0 aromatic carbocycles. The maximum Gasteiger partial charge on any atom is 0.472 e. The van der Waals surface area contributed by atoms with Crippen LogP contribution in [0.2, 0.25) is 0 Å². The van der Waals surface area contributed by atoms with Crippen LogP contribution in [0.4, 0.5) is 0 Å². The summed E-state index contributed by atoms with van der Waals surface area (Å²) in [5.74, 6) is -0.189. The number of phosphoric acid groups is 1. The van der Waals surface area contributed by atoms with Gasteiger partial charge >= 0.3 is 7.82 Å². The third-order valence-corrected chi connectivity index (χ3v) is 14.7. The number of hydrogen-bond donors (Lipinski definition) is 3. The van der Waals surface area contributed by atoms with Crippen molar-refractivity contribution in [2.24, 2.45) is 0 Å². The van der Waals surface area contributed by atoms with Gasteiger partial charge in [-0.1, -0.05) is 261 Å². The van der Waals surface area contributed by atoms with Gasteiger partial charge in [-0.05, 0) is 77.0 Å². The van der Waals surface area contributed by atoms with Crippen molar-refractivity contribution >= 4 is 13.7 Å². The lowest BCUT2D eigenvalue weighted by molar-refractivity contribution is -0.870. The van der Waals surface area contributed by atoms with E-state index in [0.717, 1.165) is 51.4 Å². The van der Waals surface area contributed by atoms with E-state index in [9.17, 15) is 19.4 Å². The summed E-state index contributed by atoms with van der Waals surface area (Å²) in [5, 5.41) is 13.9. The Morgan fingerprint density at radius 2 is 0.806 bits per heavy atom. The van der Waals surface area contributed by atoms with E-state index in [0.29, 0.717) is 17.4 Å². The van der Waals surface area contributed by atoms with Gasteiger partial charge in [-0.3, -0.25) is 13.8 Å². The van der Waals surface area contributed by atoms with Gasteiger partial charge in [0, 0.05) is 6.42 Å². The Hall–Kier alpha value is -1.80. The molecule has 0 heterocycles. The van der Waals surface area contributed by atoms with Crippen molar-refractivity contribution in [2.75, 3.05) is 40.9 Å². The second-order valence-electron chi connectivity index (χ2n) is 22.1. The molecule has 3 N–H and O–H groups in total. The number of rotatable bonds is 56. The van der Waals surface area contributed by atoms with Gasteiger partial charge in [0.05, 0.1) is 39.9 Å². The van der Waals surface area contributed by atoms with Crippen molar-refractivity contribution in [1.82, 2.24) is 5.32 Å². The fourth-order valence-corrected chi connectivity index (χ4v) is 9.61. The van der Waals surface area contributed by atoms with Crippen molar-refractivity contribution in [3.63, 3.8) is 0 Å². The normalized spacial score (nSPS) is 14.3. The van der Waals surface area contributed by atoms with Crippen LogP contribution in [0.1, 0.15) is 284 Å². The molecule has 0 aliphatic rings. The molecular formula is C63H120N2O6P+. The third kappa shape index (κ3) is 55.9. The van der Waals surface area contributed by atoms with Crippen LogP contribution >= 0.6 is 7.82 Å². The number of carbonyl (C=O) groups is 1. The van der Waals surface area contributed by atoms with E-state index >= 15 is 0 Å². The molecule has 1 amide bonds. The molecule has 0 aromatic heterocycles. The van der Waals surface area contributed by atoms with Crippen LogP contribution in [0.25, 0.3) is 0 Å². The van der Waals surface area contributed by atoms with Crippen molar-refractivity contribution < 1.29 is 32.9 Å². The number of quaternary nitrogens is 1. The first-order valence-electron chi connectivity index (χ1n) is 30.7. The molecule has 0 aliphatic heterocycles. The maximum absolute atomic E-state index is 13.0. The molecule has 0 spiro atoms. The minimum absolute atomic E-state index is 0.0527. The number of unbranched alkanes of at least 4 members (excludes halogenated alkanes) is 35. The van der Waals surface area contributed by atoms with Gasteiger partial charge in [0.2, 0.25) is 5.91 Å². The van der Waals surface area contributed by atoms with Gasteiger partial charge in [-0.15, -0.1) is 0 Å². The Balaban J connectivity index is 4.22. The Morgan fingerprint density at radius 3 is 1.19 bits per heavy atom. The van der Waals surface area contributed by atoms with Crippen LogP contribution in [0.5, 0.6) is 0 Å². The number of hydrogen-bond acceptors (Lipinski definition) is 5. The molecule has 0 saturated carbocycles. The third-order valence-electron chi connectivity index (χ3n) is 13.7. The second kappa shape index (κ2) is 54.0. The Kier molecular flexibility index (Phi) is 52.7. The lowest BCUT2D eigenvalue weighted by atomic mass is 10.0. The molecule has 3 atom stereocenters. The highest BCUT2D eigenvalue weighted by Gasteiger charge is 2.27. The van der Waals surface area contributed by atoms with E-state index in [1.165, 1.54) is 212 Å². The number of phosphoric ester groups is 1. The van der Waals surface area contributed by atoms with Crippen LogP contribution in [0.15, 0.2) is 60.8 Å². The number of likely N-dealkylation sites (N-methyl/N-ethyl adjacent to an activating group) is 1. The monoisotopic (exact) mass is 1030 g/mol. The summed E-state index contributed by atoms with van der Waals surface area (Å²) in [6, 6.07) is -0.872. The van der Waals surface area contributed by atoms with E-state index < -0.39 is 20.0 Å². The number of nitrogens with zero attached hydrogens (tertiary/aromatic N) is 1. The zero-order valence-electron chi connectivity index (χ0n) is 48.2. The van der Waals surface area contributed by atoms with Crippen LogP contribution < -0.4 is 5.32 Å². The number of carbonyl (C=O) groups excluding carboxylic acids is 1. The minimum Gasteiger partial charge on any atom is -0.387 e. The fourth-order valence-electron chi connectivity index (χ4n) is 8.87. The average molecular weight is 1030 g/mol. The molecule has 8 nitrogen and oxygen atoms in total. The predicted molar refractivity (Wildman–Crippen MR) is 314 cm³/mol. The van der Waals surface area contributed by atoms with E-state index in [1.807, 2.05) is 27.2 Å². The first-order chi connectivity index (χ1) is 35.0. The molecule has 0 radical (unpaired) electrons. The summed E-state index contributed by atoms with van der Waals surface area (Å²) >= 11 is 0. The lowest BCUT2D eigenvalue weighted by Gasteiger charge is -2.25. The van der Waals surface area contributed by atoms with E-state index in [4.69, 9.17) is 9.05 Å². The van der Waals surface area contributed by atoms with Gasteiger partial charge in [0.25, 0.3) is 0 Å². The quantitative estimate of drug-likeness (QED) is 0.0243. The van der Waals surface area contributed by atoms with Crippen LogP contribution in [0, 0.1) is 0 Å². The van der Waals surface area contributed by atoms with Gasteiger partial charge in [0.15, 0.2) is 0 Å². The highest BCUT2D eigenvalue weighted by Crippen LogP contribution is 2.43. The van der Waals surface area contributed by atoms with E-state index in [-0.39, 0.29) is 19.1 Å². The smallest absolute Gasteiger partial charge is 0.387 e. The molecule has 422 valence electrons. The molecule has 0 fully saturated rings. The highest BCUT2D eigenvalue weighted by atomic mass is 31.2. The standard InChI is InChI=1S/C63H119N2O6P/c1-6-8-10-12-14-16-18-20-22-24-26-28-30-31-32-33-35-37-39-41-43-45-47-49-51-53-55-57-63(67)64-61(60-71-72(68,69)70-59-58-65(3,4)5)62(66)56-54-52-50-48-46-44-42-40-38-36-34-29-27-25-23-21-19-17-15-13-11-9-7-2/h18,20,24,26,38,40,46,48,54,56,61-62,66H,6-17,19,21-23,25,27-37,39,41-45,47,49-53,55,57-60H2,1-5H3,(H-,64,67,68,69)/p+1/b20-18-,26-24-,40-38+,48-46+,56-54+. The number of aliphatic hydroxyl groups is 1. The first-order valence-corrected chi connectivity index (χ1v) is 32.2. The molecule has 0 rings (SSSR count). The number of allylic oxidation sites excluding steroid dienone is 9. The number of nitrogens with one attached hydrogen (secondary N) is 1. The second-order valence-corrected chi connectivity index (χ2v) is 23.5. The Labute approximate surface area is 447 Å². The number of amides is 1. The maximum atomic E-state index is 13.0. The highest BCUT2D eigenvalue weighted by molar-refractivity contribution is 7.47. The summed E-state index contributed by atoms with van der Waals surface area (Å²) in [5.41, 5.74) is 0. The molecule has 72 heavy (non-hydrogen) atoms. The van der Waals surface area contributed by atoms with Gasteiger partial charge < -0.3 is 19.8 Å². The van der Waals surface area contributed by atoms with Crippen LogP contribution in [0.3, 0.4) is 0 Å². The average Bonchev–Trinajstić information content (AvgIpc) is 3.34. The largest absolute Gasteiger partial charge is 0.472 e. The Bertz CT molecular complexity index is 1360. The fraction of sp³-hybridized carbons (Fsp3) is 0.825. The van der Waals surface area contributed by atoms with Crippen molar-refractivity contribution in [3.8, 4) is 0 Å². The van der Waals surface area contributed by atoms with E-state index in [2.05, 4.69) is 67.8 Å². The van der Waals surface area contributed by atoms with E-state index in [1.54, 1.807) is 6.08 Å². The molecule has 3 unspecified atom stereocenters. The topological polar surface area (TPSA) is 105 Å². The molecule has 0 aliphatic carbocycles. The summed E-state index contributed by atoms with van der Waals surface area (Å²) < 4.78 is 23.7. The van der Waals surface area contributed by atoms with Crippen LogP contribution in [-0.2, 0) is 18.4 Å². The molecule has 0 saturated heterocycles. The molecular weight excluding hydrogens is 912 g/mol. The summed E-state index contributed by atoms with van der Waals surface area (Å²) in [4.78, 5) is 23.3. The zero-order valence-corrected chi connectivity index (χ0v) is 49.1. The summed E-state index contributed by atoms with van der Waals surface area (Å²) in [6.45, 7) is 4.80. The molecule has 0 bridgehead atoms. The van der Waals surface area contributed by atoms with Gasteiger partial charge in [0.1, 0.15) is 13.2 Å². The van der Waals surface area contributed by atoms with Crippen molar-refractivity contribution in [2.45, 2.75) is 296 Å². The zero-order chi connectivity index (χ0) is 52.7. The summed E-state index contributed by atoms with van der Waals surface area (Å²) in [6.07, 6.45) is 73.4. The SMILES string of the molecule is CCCCCCC/C=C\C/C=C\CCCCCCCCCCCCCCCCCC(=O)NC(COP(=O)(O)OCC[N+](C)(C)C)C(O)/C=C/CC/C=C/CC/C=C/CCCCCCCCCCCCCCC. The summed E-state index contributed by atoms with van der Waals surface area (Å²) in [7, 11) is 1.55. The van der Waals surface area contributed by atoms with Crippen molar-refractivity contribution in [3.05, 3.63) is 60.8 Å². The molecule has 0 aromatic rings. The lowest BCUT2D eigenvalue weighted by Crippen LogP contribution is -2.45. The minimum atomic E-state index is -4.36. The first kappa shape index (κ1) is 70.2. The number of aliphatic hydroxyl groups excluding tert-OH is 1.